The van der Waals surface area contributed by atoms with Gasteiger partial charge in [0.25, 0.3) is 5.69 Å². The molecule has 0 unspecified atom stereocenters. The molecule has 0 atom stereocenters. The van der Waals surface area contributed by atoms with E-state index in [-0.39, 0.29) is 17.3 Å². The third-order valence-corrected chi connectivity index (χ3v) is 2.31. The first kappa shape index (κ1) is 13.7. The molecule has 0 aliphatic rings. The molecule has 104 valence electrons. The van der Waals surface area contributed by atoms with Gasteiger partial charge >= 0.3 is 6.61 Å². The van der Waals surface area contributed by atoms with Crippen LogP contribution in [0, 0.1) is 10.1 Å². The lowest BCUT2D eigenvalue weighted by Gasteiger charge is -2.07. The van der Waals surface area contributed by atoms with E-state index in [0.29, 0.717) is 5.69 Å². The Morgan fingerprint density at radius 1 is 1.25 bits per heavy atom. The van der Waals surface area contributed by atoms with Crippen LogP contribution in [-0.2, 0) is 0 Å². The Morgan fingerprint density at radius 2 is 1.95 bits per heavy atom. The van der Waals surface area contributed by atoms with E-state index < -0.39 is 11.5 Å². The number of nitro groups is 1. The summed E-state index contributed by atoms with van der Waals surface area (Å²) in [6.45, 7) is -2.88. The Bertz CT molecular complexity index is 605. The predicted octanol–water partition coefficient (Wildman–Crippen LogP) is 3.33. The lowest BCUT2D eigenvalue weighted by atomic mass is 10.3. The second-order valence-electron chi connectivity index (χ2n) is 3.68. The van der Waals surface area contributed by atoms with Crippen molar-refractivity contribution in [3.63, 3.8) is 0 Å². The number of alkyl halides is 2. The van der Waals surface area contributed by atoms with E-state index in [9.17, 15) is 18.9 Å². The fourth-order valence-electron chi connectivity index (χ4n) is 1.47. The highest BCUT2D eigenvalue weighted by Gasteiger charge is 2.07. The number of nitrogens with zero attached hydrogens (tertiary/aromatic N) is 2. The molecule has 0 radical (unpaired) electrons. The lowest BCUT2D eigenvalue weighted by Crippen LogP contribution is -2.01. The Balaban J connectivity index is 2.10. The normalized spacial score (nSPS) is 10.3. The number of hydrogen-bond donors (Lipinski definition) is 1. The Kier molecular flexibility index (Phi) is 4.04. The lowest BCUT2D eigenvalue weighted by molar-refractivity contribution is -0.384. The zero-order valence-corrected chi connectivity index (χ0v) is 9.99. The molecule has 2 rings (SSSR count). The van der Waals surface area contributed by atoms with Gasteiger partial charge in [0.1, 0.15) is 11.6 Å². The Labute approximate surface area is 112 Å². The van der Waals surface area contributed by atoms with Crippen molar-refractivity contribution >= 4 is 17.2 Å². The molecule has 0 bridgehead atoms. The summed E-state index contributed by atoms with van der Waals surface area (Å²) in [6, 6.07) is 8.24. The number of anilines is 2. The van der Waals surface area contributed by atoms with Crippen LogP contribution in [0.4, 0.5) is 26.0 Å². The molecule has 2 aromatic rings. The maximum absolute atomic E-state index is 12.0. The van der Waals surface area contributed by atoms with E-state index in [1.165, 1.54) is 42.6 Å². The smallest absolute Gasteiger partial charge is 0.387 e. The van der Waals surface area contributed by atoms with Crippen LogP contribution in [0.5, 0.6) is 5.75 Å². The van der Waals surface area contributed by atoms with Crippen molar-refractivity contribution in [3.8, 4) is 5.75 Å². The summed E-state index contributed by atoms with van der Waals surface area (Å²) in [5.74, 6) is 0.305. The van der Waals surface area contributed by atoms with E-state index >= 15 is 0 Å². The molecule has 0 saturated heterocycles. The molecule has 1 heterocycles. The first-order valence-corrected chi connectivity index (χ1v) is 5.47. The second kappa shape index (κ2) is 5.91. The highest BCUT2D eigenvalue weighted by molar-refractivity contribution is 5.59. The quantitative estimate of drug-likeness (QED) is 0.671. The maximum Gasteiger partial charge on any atom is 0.387 e. The zero-order chi connectivity index (χ0) is 14.5. The monoisotopic (exact) mass is 281 g/mol. The molecule has 0 fully saturated rings. The topological polar surface area (TPSA) is 77.3 Å². The van der Waals surface area contributed by atoms with Crippen molar-refractivity contribution in [2.75, 3.05) is 5.32 Å². The minimum Gasteiger partial charge on any atom is -0.435 e. The van der Waals surface area contributed by atoms with Gasteiger partial charge in [-0.25, -0.2) is 4.98 Å². The maximum atomic E-state index is 12.0. The van der Waals surface area contributed by atoms with Crippen LogP contribution in [0.2, 0.25) is 0 Å². The number of aromatic nitrogens is 1. The number of pyridine rings is 1. The summed E-state index contributed by atoms with van der Waals surface area (Å²) in [7, 11) is 0. The summed E-state index contributed by atoms with van der Waals surface area (Å²) in [5.41, 5.74) is 0.444. The van der Waals surface area contributed by atoms with Gasteiger partial charge in [-0.05, 0) is 24.3 Å². The van der Waals surface area contributed by atoms with Crippen LogP contribution in [-0.4, -0.2) is 16.5 Å². The number of hydrogen-bond acceptors (Lipinski definition) is 5. The van der Waals surface area contributed by atoms with Crippen molar-refractivity contribution in [3.05, 3.63) is 52.7 Å². The van der Waals surface area contributed by atoms with Gasteiger partial charge in [-0.2, -0.15) is 8.78 Å². The van der Waals surface area contributed by atoms with E-state index in [2.05, 4.69) is 15.0 Å². The van der Waals surface area contributed by atoms with E-state index in [1.807, 2.05) is 0 Å². The van der Waals surface area contributed by atoms with Gasteiger partial charge in [0.2, 0.25) is 0 Å². The largest absolute Gasteiger partial charge is 0.435 e. The van der Waals surface area contributed by atoms with Gasteiger partial charge in [0.15, 0.2) is 0 Å². The van der Waals surface area contributed by atoms with Crippen molar-refractivity contribution in [2.45, 2.75) is 6.61 Å². The molecule has 1 N–H and O–H groups in total. The van der Waals surface area contributed by atoms with Gasteiger partial charge in [-0.15, -0.1) is 0 Å². The molecule has 20 heavy (non-hydrogen) atoms. The Morgan fingerprint density at radius 3 is 2.55 bits per heavy atom. The number of benzene rings is 1. The number of ether oxygens (including phenoxy) is 1. The number of rotatable bonds is 5. The third-order valence-electron chi connectivity index (χ3n) is 2.31. The van der Waals surface area contributed by atoms with Crippen LogP contribution in [0.3, 0.4) is 0 Å². The van der Waals surface area contributed by atoms with E-state index in [1.54, 1.807) is 0 Å². The van der Waals surface area contributed by atoms with Crippen LogP contribution in [0.25, 0.3) is 0 Å². The van der Waals surface area contributed by atoms with Gasteiger partial charge in [-0.3, -0.25) is 10.1 Å². The van der Waals surface area contributed by atoms with Crippen molar-refractivity contribution in [2.24, 2.45) is 0 Å². The minimum absolute atomic E-state index is 0.0255. The van der Waals surface area contributed by atoms with Crippen molar-refractivity contribution in [1.82, 2.24) is 4.98 Å². The summed E-state index contributed by atoms with van der Waals surface area (Å²) in [5, 5.41) is 13.4. The highest BCUT2D eigenvalue weighted by atomic mass is 19.3. The van der Waals surface area contributed by atoms with Crippen molar-refractivity contribution in [1.29, 1.82) is 0 Å². The van der Waals surface area contributed by atoms with Gasteiger partial charge in [-0.1, -0.05) is 0 Å². The molecular weight excluding hydrogens is 272 g/mol. The minimum atomic E-state index is -2.88. The van der Waals surface area contributed by atoms with Gasteiger partial charge < -0.3 is 10.1 Å². The third kappa shape index (κ3) is 3.61. The van der Waals surface area contributed by atoms with Gasteiger partial charge in [0, 0.05) is 18.0 Å². The molecule has 8 heteroatoms. The number of nitrogens with one attached hydrogen (secondary N) is 1. The summed E-state index contributed by atoms with van der Waals surface area (Å²) < 4.78 is 28.2. The standard InChI is InChI=1S/C12H9F2N3O3/c13-12(14)20-10-3-1-8(2-4-10)16-11-7-9(17(18)19)5-6-15-11/h1-7,12H,(H,15,16). The molecule has 1 aromatic carbocycles. The average molecular weight is 281 g/mol. The molecule has 6 nitrogen and oxygen atoms in total. The molecule has 0 aliphatic carbocycles. The summed E-state index contributed by atoms with van der Waals surface area (Å²) in [4.78, 5) is 14.0. The average Bonchev–Trinajstić information content (AvgIpc) is 2.41. The molecular formula is C12H9F2N3O3. The second-order valence-corrected chi connectivity index (χ2v) is 3.68. The fraction of sp³-hybridized carbons (Fsp3) is 0.0833. The highest BCUT2D eigenvalue weighted by Crippen LogP contribution is 2.22. The molecule has 0 spiro atoms. The van der Waals surface area contributed by atoms with Crippen LogP contribution in [0.1, 0.15) is 0 Å². The first-order valence-electron chi connectivity index (χ1n) is 5.47. The van der Waals surface area contributed by atoms with Crippen LogP contribution in [0.15, 0.2) is 42.6 Å². The summed E-state index contributed by atoms with van der Waals surface area (Å²) in [6.07, 6.45) is 1.30. The van der Waals surface area contributed by atoms with Crippen LogP contribution < -0.4 is 10.1 Å². The van der Waals surface area contributed by atoms with Gasteiger partial charge in [0.05, 0.1) is 11.0 Å². The summed E-state index contributed by atoms with van der Waals surface area (Å²) >= 11 is 0. The molecule has 1 aromatic heterocycles. The predicted molar refractivity (Wildman–Crippen MR) is 67.2 cm³/mol. The van der Waals surface area contributed by atoms with Crippen molar-refractivity contribution < 1.29 is 18.4 Å². The Hall–Kier alpha value is -2.77. The molecule has 0 saturated carbocycles. The van der Waals surface area contributed by atoms with Crippen LogP contribution >= 0.6 is 0 Å². The molecule has 0 aliphatic heterocycles. The first-order chi connectivity index (χ1) is 9.54. The molecule has 0 amide bonds. The SMILES string of the molecule is O=[N+]([O-])c1ccnc(Nc2ccc(OC(F)F)cc2)c1. The van der Waals surface area contributed by atoms with E-state index in [4.69, 9.17) is 0 Å². The fourth-order valence-corrected chi connectivity index (χ4v) is 1.47. The van der Waals surface area contributed by atoms with E-state index in [0.717, 1.165) is 0 Å². The number of halogens is 2. The zero-order valence-electron chi connectivity index (χ0n) is 9.99.